The second-order valence-corrected chi connectivity index (χ2v) is 3.94. The highest BCUT2D eigenvalue weighted by molar-refractivity contribution is 5.87. The van der Waals surface area contributed by atoms with Gasteiger partial charge in [-0.05, 0) is 24.8 Å². The summed E-state index contributed by atoms with van der Waals surface area (Å²) in [4.78, 5) is 13.0. The Hall–Kier alpha value is -0.790. The molecule has 0 aliphatic carbocycles. The summed E-state index contributed by atoms with van der Waals surface area (Å²) in [5.41, 5.74) is 0. The molecule has 0 spiro atoms. The number of likely N-dealkylation sites (tertiary alicyclic amines) is 1. The quantitative estimate of drug-likeness (QED) is 0.592. The van der Waals surface area contributed by atoms with Crippen molar-refractivity contribution in [1.82, 2.24) is 4.90 Å². The highest BCUT2D eigenvalue weighted by atomic mass is 16.2. The van der Waals surface area contributed by atoms with Crippen molar-refractivity contribution in [2.75, 3.05) is 13.1 Å². The van der Waals surface area contributed by atoms with Crippen molar-refractivity contribution in [1.29, 1.82) is 0 Å². The monoisotopic (exact) mass is 197 g/mol. The maximum Gasteiger partial charge on any atom is 0.245 e. The normalized spacial score (nSPS) is 20.8. The fraction of sp³-hybridized carbons (Fsp3) is 0.750. The molecule has 1 fully saturated rings. The molecular weight excluding hydrogens is 174 g/mol. The molecule has 0 saturated carbocycles. The van der Waals surface area contributed by atoms with Crippen molar-refractivity contribution in [3.63, 3.8) is 0 Å². The molecule has 1 saturated heterocycles. The van der Waals surface area contributed by atoms with Crippen LogP contribution >= 0.6 is 0 Å². The minimum absolute atomic E-state index is 0.0801. The minimum atomic E-state index is 0.0801. The smallest absolute Gasteiger partial charge is 0.245 e. The Labute approximate surface area is 88.0 Å². The number of hydrogen-bond acceptors (Lipinski definition) is 1. The van der Waals surface area contributed by atoms with Gasteiger partial charge in [0.15, 0.2) is 0 Å². The van der Waals surface area contributed by atoms with Crippen LogP contribution in [0, 0.1) is 5.92 Å². The van der Waals surface area contributed by atoms with Crippen LogP contribution in [-0.2, 0) is 4.79 Å². The number of rotatable bonds is 1. The van der Waals surface area contributed by atoms with Gasteiger partial charge in [0.1, 0.15) is 0 Å². The van der Waals surface area contributed by atoms with Gasteiger partial charge >= 0.3 is 0 Å². The van der Waals surface area contributed by atoms with Gasteiger partial charge in [-0.1, -0.05) is 33.8 Å². The van der Waals surface area contributed by atoms with E-state index in [4.69, 9.17) is 0 Å². The van der Waals surface area contributed by atoms with Crippen molar-refractivity contribution in [2.45, 2.75) is 40.0 Å². The Kier molecular flexibility index (Phi) is 7.17. The van der Waals surface area contributed by atoms with Crippen LogP contribution in [0.25, 0.3) is 0 Å². The Morgan fingerprint density at radius 2 is 2.14 bits per heavy atom. The average molecular weight is 197 g/mol. The first-order valence-corrected chi connectivity index (χ1v) is 5.57. The first-order chi connectivity index (χ1) is 6.65. The van der Waals surface area contributed by atoms with Crippen molar-refractivity contribution >= 4 is 5.91 Å². The topological polar surface area (TPSA) is 20.3 Å². The van der Waals surface area contributed by atoms with Crippen LogP contribution in [-0.4, -0.2) is 23.9 Å². The molecule has 1 atom stereocenters. The standard InChI is InChI=1S/C9H15NO.C3H8/c1-3-9(11)10-6-4-5-8(2)7-10;1-3-2/h3,8H,1,4-7H2,2H3;3H2,1-2H3/t8-;/m1./s1. The third-order valence-electron chi connectivity index (χ3n) is 2.14. The van der Waals surface area contributed by atoms with Crippen molar-refractivity contribution < 1.29 is 4.79 Å². The first-order valence-electron chi connectivity index (χ1n) is 5.57. The lowest BCUT2D eigenvalue weighted by Gasteiger charge is -2.29. The number of amides is 1. The maximum atomic E-state index is 11.1. The van der Waals surface area contributed by atoms with E-state index in [0.29, 0.717) is 5.92 Å². The SMILES string of the molecule is C=CC(=O)N1CCC[C@@H](C)C1.CCC. The van der Waals surface area contributed by atoms with Gasteiger partial charge in [-0.3, -0.25) is 4.79 Å². The molecule has 0 aromatic rings. The maximum absolute atomic E-state index is 11.1. The average Bonchev–Trinajstić information content (AvgIpc) is 2.18. The summed E-state index contributed by atoms with van der Waals surface area (Å²) in [5.74, 6) is 0.740. The van der Waals surface area contributed by atoms with E-state index in [0.717, 1.165) is 19.5 Å². The molecule has 0 aromatic heterocycles. The lowest BCUT2D eigenvalue weighted by atomic mass is 10.0. The summed E-state index contributed by atoms with van der Waals surface area (Å²) >= 11 is 0. The number of nitrogens with zero attached hydrogens (tertiary/aromatic N) is 1. The summed E-state index contributed by atoms with van der Waals surface area (Å²) in [6.07, 6.45) is 5.04. The van der Waals surface area contributed by atoms with Gasteiger partial charge in [0.25, 0.3) is 0 Å². The number of carbonyl (C=O) groups is 1. The second kappa shape index (κ2) is 7.60. The van der Waals surface area contributed by atoms with Crippen LogP contribution in [0.2, 0.25) is 0 Å². The van der Waals surface area contributed by atoms with Crippen molar-refractivity contribution in [3.05, 3.63) is 12.7 Å². The first kappa shape index (κ1) is 13.2. The van der Waals surface area contributed by atoms with E-state index >= 15 is 0 Å². The van der Waals surface area contributed by atoms with Gasteiger partial charge in [0.05, 0.1) is 0 Å². The molecule has 1 amide bonds. The summed E-state index contributed by atoms with van der Waals surface area (Å²) < 4.78 is 0. The van der Waals surface area contributed by atoms with Gasteiger partial charge < -0.3 is 4.90 Å². The molecule has 1 rings (SSSR count). The number of hydrogen-bond donors (Lipinski definition) is 0. The van der Waals surface area contributed by atoms with Crippen LogP contribution in [0.1, 0.15) is 40.0 Å². The van der Waals surface area contributed by atoms with Crippen LogP contribution in [0.15, 0.2) is 12.7 Å². The molecule has 0 aromatic carbocycles. The van der Waals surface area contributed by atoms with Gasteiger partial charge in [-0.15, -0.1) is 0 Å². The third-order valence-corrected chi connectivity index (χ3v) is 2.14. The Balaban J connectivity index is 0.000000500. The van der Waals surface area contributed by atoms with Gasteiger partial charge in [0, 0.05) is 13.1 Å². The van der Waals surface area contributed by atoms with Gasteiger partial charge in [0.2, 0.25) is 5.91 Å². The molecule has 2 heteroatoms. The van der Waals surface area contributed by atoms with E-state index in [1.807, 2.05) is 4.90 Å². The molecule has 0 radical (unpaired) electrons. The molecule has 0 unspecified atom stereocenters. The summed E-state index contributed by atoms with van der Waals surface area (Å²) in [6.45, 7) is 11.7. The van der Waals surface area contributed by atoms with Crippen molar-refractivity contribution in [2.24, 2.45) is 5.92 Å². The Morgan fingerprint density at radius 3 is 2.57 bits per heavy atom. The molecule has 14 heavy (non-hydrogen) atoms. The van der Waals surface area contributed by atoms with E-state index in [1.165, 1.54) is 18.9 Å². The molecule has 1 aliphatic heterocycles. The van der Waals surface area contributed by atoms with E-state index in [1.54, 1.807) is 0 Å². The highest BCUT2D eigenvalue weighted by Gasteiger charge is 2.18. The van der Waals surface area contributed by atoms with Crippen LogP contribution in [0.5, 0.6) is 0 Å². The number of piperidine rings is 1. The number of carbonyl (C=O) groups excluding carboxylic acids is 1. The zero-order valence-electron chi connectivity index (χ0n) is 9.75. The van der Waals surface area contributed by atoms with E-state index in [9.17, 15) is 4.79 Å². The minimum Gasteiger partial charge on any atom is -0.339 e. The molecule has 0 bridgehead atoms. The lowest BCUT2D eigenvalue weighted by Crippen LogP contribution is -2.37. The fourth-order valence-corrected chi connectivity index (χ4v) is 1.52. The Bertz CT molecular complexity index is 177. The fourth-order valence-electron chi connectivity index (χ4n) is 1.52. The van der Waals surface area contributed by atoms with Crippen LogP contribution in [0.3, 0.4) is 0 Å². The summed E-state index contributed by atoms with van der Waals surface area (Å²) in [5, 5.41) is 0. The molecule has 0 N–H and O–H groups in total. The van der Waals surface area contributed by atoms with E-state index < -0.39 is 0 Å². The molecule has 1 aliphatic rings. The predicted octanol–water partition coefficient (Wildman–Crippen LogP) is 2.85. The van der Waals surface area contributed by atoms with E-state index in [2.05, 4.69) is 27.4 Å². The zero-order valence-corrected chi connectivity index (χ0v) is 9.75. The summed E-state index contributed by atoms with van der Waals surface area (Å²) in [6, 6.07) is 0. The van der Waals surface area contributed by atoms with E-state index in [-0.39, 0.29) is 5.91 Å². The summed E-state index contributed by atoms with van der Waals surface area (Å²) in [7, 11) is 0. The molecule has 1 heterocycles. The molecule has 82 valence electrons. The van der Waals surface area contributed by atoms with Crippen LogP contribution in [0.4, 0.5) is 0 Å². The second-order valence-electron chi connectivity index (χ2n) is 3.94. The van der Waals surface area contributed by atoms with Crippen LogP contribution < -0.4 is 0 Å². The van der Waals surface area contributed by atoms with Gasteiger partial charge in [-0.2, -0.15) is 0 Å². The molecule has 2 nitrogen and oxygen atoms in total. The molecular formula is C12H23NO. The highest BCUT2D eigenvalue weighted by Crippen LogP contribution is 2.15. The Morgan fingerprint density at radius 1 is 1.57 bits per heavy atom. The largest absolute Gasteiger partial charge is 0.339 e. The van der Waals surface area contributed by atoms with Crippen molar-refractivity contribution in [3.8, 4) is 0 Å². The zero-order chi connectivity index (χ0) is 11.0. The predicted molar refractivity (Wildman–Crippen MR) is 61.1 cm³/mol. The lowest BCUT2D eigenvalue weighted by molar-refractivity contribution is -0.127. The third kappa shape index (κ3) is 5.05. The van der Waals surface area contributed by atoms with Gasteiger partial charge in [-0.25, -0.2) is 0 Å².